The van der Waals surface area contributed by atoms with Gasteiger partial charge in [-0.3, -0.25) is 9.59 Å². The Bertz CT molecular complexity index is 686. The van der Waals surface area contributed by atoms with Gasteiger partial charge in [-0.15, -0.1) is 11.3 Å². The average molecular weight is 316 g/mol. The maximum Gasteiger partial charge on any atom is 0.308 e. The van der Waals surface area contributed by atoms with Gasteiger partial charge < -0.3 is 10.4 Å². The van der Waals surface area contributed by atoms with E-state index < -0.39 is 23.6 Å². The second-order valence-corrected chi connectivity index (χ2v) is 5.77. The van der Waals surface area contributed by atoms with E-state index >= 15 is 0 Å². The van der Waals surface area contributed by atoms with Crippen molar-refractivity contribution in [1.82, 2.24) is 5.32 Å². The van der Waals surface area contributed by atoms with E-state index in [1.165, 1.54) is 25.1 Å². The van der Waals surface area contributed by atoms with E-state index in [0.717, 1.165) is 11.3 Å². The van der Waals surface area contributed by atoms with E-state index in [0.29, 0.717) is 10.1 Å². The van der Waals surface area contributed by atoms with E-state index in [1.807, 2.05) is 0 Å². The predicted octanol–water partition coefficient (Wildman–Crippen LogP) is 3.14. The number of carbonyl (C=O) groups excluding carboxylic acids is 1. The molecule has 0 aliphatic carbocycles. The van der Waals surface area contributed by atoms with Crippen LogP contribution < -0.4 is 5.32 Å². The van der Waals surface area contributed by atoms with Gasteiger partial charge in [-0.25, -0.2) is 4.39 Å². The van der Waals surface area contributed by atoms with Crippen molar-refractivity contribution in [2.24, 2.45) is 5.92 Å². The van der Waals surface area contributed by atoms with Gasteiger partial charge in [0, 0.05) is 16.6 Å². The predicted molar refractivity (Wildman–Crippen MR) is 75.9 cm³/mol. The van der Waals surface area contributed by atoms with Gasteiger partial charge in [-0.2, -0.15) is 0 Å². The minimum Gasteiger partial charge on any atom is -0.481 e. The molecule has 2 N–H and O–H groups in total. The molecule has 2 rings (SSSR count). The lowest BCUT2D eigenvalue weighted by Gasteiger charge is -2.07. The van der Waals surface area contributed by atoms with E-state index in [2.05, 4.69) is 5.32 Å². The highest BCUT2D eigenvalue weighted by Crippen LogP contribution is 2.35. The van der Waals surface area contributed by atoms with Crippen LogP contribution in [0.15, 0.2) is 18.2 Å². The number of aliphatic carboxylic acids is 1. The maximum atomic E-state index is 13.1. The Hall–Kier alpha value is -1.66. The summed E-state index contributed by atoms with van der Waals surface area (Å²) in [5, 5.41) is 12.1. The summed E-state index contributed by atoms with van der Waals surface area (Å²) >= 11 is 7.17. The van der Waals surface area contributed by atoms with Crippen molar-refractivity contribution in [3.8, 4) is 0 Å². The van der Waals surface area contributed by atoms with Crippen LogP contribution in [0.5, 0.6) is 0 Å². The Morgan fingerprint density at radius 2 is 2.20 bits per heavy atom. The first-order chi connectivity index (χ1) is 9.40. The highest BCUT2D eigenvalue weighted by Gasteiger charge is 2.19. The fourth-order valence-corrected chi connectivity index (χ4v) is 3.06. The SMILES string of the molecule is CC(CNC(=O)c1sc2cc(F)ccc2c1Cl)C(=O)O. The standard InChI is InChI=1S/C13H11ClFNO3S/c1-6(13(18)19)5-16-12(17)11-10(14)8-3-2-7(15)4-9(8)20-11/h2-4,6H,5H2,1H3,(H,16,17)(H,18,19). The number of hydrogen-bond acceptors (Lipinski definition) is 3. The molecule has 1 unspecified atom stereocenters. The fourth-order valence-electron chi connectivity index (χ4n) is 1.60. The van der Waals surface area contributed by atoms with Crippen LogP contribution in [0.2, 0.25) is 5.02 Å². The number of fused-ring (bicyclic) bond motifs is 1. The molecule has 20 heavy (non-hydrogen) atoms. The third-order valence-electron chi connectivity index (χ3n) is 2.79. The molecule has 106 valence electrons. The zero-order chi connectivity index (χ0) is 14.9. The number of thiophene rings is 1. The lowest BCUT2D eigenvalue weighted by Crippen LogP contribution is -2.31. The second kappa shape index (κ2) is 5.76. The third kappa shape index (κ3) is 2.91. The summed E-state index contributed by atoms with van der Waals surface area (Å²) in [7, 11) is 0. The summed E-state index contributed by atoms with van der Waals surface area (Å²) in [6, 6.07) is 4.10. The van der Waals surface area contributed by atoms with E-state index in [1.54, 1.807) is 0 Å². The van der Waals surface area contributed by atoms with Crippen molar-refractivity contribution in [3.05, 3.63) is 33.9 Å². The monoisotopic (exact) mass is 315 g/mol. The first-order valence-electron chi connectivity index (χ1n) is 5.78. The normalized spacial score (nSPS) is 12.3. The minimum atomic E-state index is -0.991. The van der Waals surface area contributed by atoms with Gasteiger partial charge in [-0.05, 0) is 18.2 Å². The van der Waals surface area contributed by atoms with Crippen molar-refractivity contribution >= 4 is 44.9 Å². The van der Waals surface area contributed by atoms with Crippen LogP contribution >= 0.6 is 22.9 Å². The molecule has 4 nitrogen and oxygen atoms in total. The summed E-state index contributed by atoms with van der Waals surface area (Å²) in [6.07, 6.45) is 0. The number of benzene rings is 1. The fraction of sp³-hybridized carbons (Fsp3) is 0.231. The molecule has 1 aromatic heterocycles. The highest BCUT2D eigenvalue weighted by molar-refractivity contribution is 7.21. The molecule has 1 atom stereocenters. The second-order valence-electron chi connectivity index (χ2n) is 4.33. The Morgan fingerprint density at radius 1 is 1.50 bits per heavy atom. The quantitative estimate of drug-likeness (QED) is 0.911. The molecular formula is C13H11ClFNO3S. The van der Waals surface area contributed by atoms with Crippen molar-refractivity contribution < 1.29 is 19.1 Å². The van der Waals surface area contributed by atoms with Gasteiger partial charge in [0.2, 0.25) is 0 Å². The van der Waals surface area contributed by atoms with Crippen molar-refractivity contribution in [2.45, 2.75) is 6.92 Å². The van der Waals surface area contributed by atoms with Crippen LogP contribution in [-0.4, -0.2) is 23.5 Å². The topological polar surface area (TPSA) is 66.4 Å². The van der Waals surface area contributed by atoms with Crippen LogP contribution in [0, 0.1) is 11.7 Å². The minimum absolute atomic E-state index is 0.00705. The molecule has 0 bridgehead atoms. The largest absolute Gasteiger partial charge is 0.481 e. The van der Waals surface area contributed by atoms with Crippen molar-refractivity contribution in [1.29, 1.82) is 0 Å². The molecule has 1 amide bonds. The lowest BCUT2D eigenvalue weighted by molar-refractivity contribution is -0.140. The Kier molecular flexibility index (Phi) is 4.25. The molecule has 0 aliphatic rings. The van der Waals surface area contributed by atoms with Gasteiger partial charge in [0.05, 0.1) is 10.9 Å². The van der Waals surface area contributed by atoms with Crippen LogP contribution in [0.4, 0.5) is 4.39 Å². The molecule has 0 saturated carbocycles. The number of carboxylic acids is 1. The summed E-state index contributed by atoms with van der Waals surface area (Å²) in [6.45, 7) is 1.50. The summed E-state index contributed by atoms with van der Waals surface area (Å²) in [4.78, 5) is 22.9. The number of hydrogen-bond donors (Lipinski definition) is 2. The third-order valence-corrected chi connectivity index (χ3v) is 4.44. The number of nitrogens with one attached hydrogen (secondary N) is 1. The lowest BCUT2D eigenvalue weighted by atomic mass is 10.2. The Morgan fingerprint density at radius 3 is 2.85 bits per heavy atom. The number of amides is 1. The van der Waals surface area contributed by atoms with Crippen molar-refractivity contribution in [3.63, 3.8) is 0 Å². The molecular weight excluding hydrogens is 305 g/mol. The smallest absolute Gasteiger partial charge is 0.308 e. The Balaban J connectivity index is 2.22. The number of carbonyl (C=O) groups is 2. The van der Waals surface area contributed by atoms with Crippen molar-refractivity contribution in [2.75, 3.05) is 6.54 Å². The van der Waals surface area contributed by atoms with Gasteiger partial charge >= 0.3 is 5.97 Å². The molecule has 0 spiro atoms. The summed E-state index contributed by atoms with van der Waals surface area (Å²) in [5.41, 5.74) is 0. The zero-order valence-electron chi connectivity index (χ0n) is 10.4. The van der Waals surface area contributed by atoms with Gasteiger partial charge in [0.15, 0.2) is 0 Å². The van der Waals surface area contributed by atoms with Crippen LogP contribution in [0.1, 0.15) is 16.6 Å². The van der Waals surface area contributed by atoms with Crippen LogP contribution in [0.3, 0.4) is 0 Å². The van der Waals surface area contributed by atoms with Gasteiger partial charge in [-0.1, -0.05) is 18.5 Å². The molecule has 0 radical (unpaired) electrons. The first kappa shape index (κ1) is 14.7. The molecule has 1 heterocycles. The molecule has 0 aliphatic heterocycles. The summed E-state index contributed by atoms with van der Waals surface area (Å²) in [5.74, 6) is -2.54. The van der Waals surface area contributed by atoms with E-state index in [4.69, 9.17) is 16.7 Å². The number of carboxylic acid groups (broad SMARTS) is 1. The molecule has 0 saturated heterocycles. The summed E-state index contributed by atoms with van der Waals surface area (Å²) < 4.78 is 13.7. The average Bonchev–Trinajstić information content (AvgIpc) is 2.72. The van der Waals surface area contributed by atoms with E-state index in [9.17, 15) is 14.0 Å². The first-order valence-corrected chi connectivity index (χ1v) is 6.98. The zero-order valence-corrected chi connectivity index (χ0v) is 12.0. The highest BCUT2D eigenvalue weighted by atomic mass is 35.5. The van der Waals surface area contributed by atoms with Crippen LogP contribution in [0.25, 0.3) is 10.1 Å². The number of halogens is 2. The maximum absolute atomic E-state index is 13.1. The van der Waals surface area contributed by atoms with Gasteiger partial charge in [0.1, 0.15) is 10.7 Å². The van der Waals surface area contributed by atoms with Gasteiger partial charge in [0.25, 0.3) is 5.91 Å². The molecule has 7 heteroatoms. The molecule has 2 aromatic rings. The van der Waals surface area contributed by atoms with E-state index in [-0.39, 0.29) is 16.4 Å². The van der Waals surface area contributed by atoms with Crippen LogP contribution in [-0.2, 0) is 4.79 Å². The molecule has 0 fully saturated rings. The number of rotatable bonds is 4. The molecule has 1 aromatic carbocycles. The Labute approximate surface area is 123 Å².